The zero-order chi connectivity index (χ0) is 20.4. The average molecular weight is 405 g/mol. The molecule has 0 spiro atoms. The molecule has 0 fully saturated rings. The molecule has 2 atom stereocenters. The lowest BCUT2D eigenvalue weighted by Crippen LogP contribution is -2.41. The molecule has 2 amide bonds. The molecule has 148 valence electrons. The van der Waals surface area contributed by atoms with Gasteiger partial charge < -0.3 is 10.2 Å². The van der Waals surface area contributed by atoms with Crippen LogP contribution in [0.4, 0.5) is 5.69 Å². The highest BCUT2D eigenvalue weighted by Crippen LogP contribution is 2.40. The monoisotopic (exact) mass is 404 g/mol. The zero-order valence-electron chi connectivity index (χ0n) is 16.6. The maximum Gasteiger partial charge on any atom is 0.244 e. The highest BCUT2D eigenvalue weighted by atomic mass is 32.1. The number of nitrogens with one attached hydrogen (secondary N) is 1. The predicted octanol–water partition coefficient (Wildman–Crippen LogP) is 5.12. The molecule has 3 aromatic rings. The molecular formula is C24H24N2O2S. The van der Waals surface area contributed by atoms with Gasteiger partial charge in [-0.2, -0.15) is 0 Å². The number of aryl methyl sites for hydroxylation is 1. The largest absolute Gasteiger partial charge is 0.324 e. The van der Waals surface area contributed by atoms with Crippen LogP contribution >= 0.6 is 11.3 Å². The summed E-state index contributed by atoms with van der Waals surface area (Å²) in [6, 6.07) is 19.6. The van der Waals surface area contributed by atoms with E-state index in [4.69, 9.17) is 0 Å². The highest BCUT2D eigenvalue weighted by molar-refractivity contribution is 7.10. The first-order valence-corrected chi connectivity index (χ1v) is 10.8. The molecule has 4 nitrogen and oxygen atoms in total. The number of nitrogens with zero attached hydrogens (tertiary/aromatic N) is 1. The Balaban J connectivity index is 1.83. The van der Waals surface area contributed by atoms with Crippen LogP contribution in [0, 0.1) is 6.92 Å². The molecule has 1 aliphatic heterocycles. The number of hydrogen-bond acceptors (Lipinski definition) is 3. The molecule has 2 heterocycles. The Morgan fingerprint density at radius 1 is 1.17 bits per heavy atom. The summed E-state index contributed by atoms with van der Waals surface area (Å²) >= 11 is 1.61. The molecule has 0 saturated heterocycles. The maximum absolute atomic E-state index is 13.8. The van der Waals surface area contributed by atoms with Crippen molar-refractivity contribution in [3.05, 3.63) is 87.6 Å². The summed E-state index contributed by atoms with van der Waals surface area (Å²) in [5.74, 6) is -0.454. The third-order valence-corrected chi connectivity index (χ3v) is 6.33. The van der Waals surface area contributed by atoms with E-state index in [1.54, 1.807) is 16.2 Å². The molecule has 29 heavy (non-hydrogen) atoms. The van der Waals surface area contributed by atoms with Gasteiger partial charge in [0.2, 0.25) is 11.8 Å². The van der Waals surface area contributed by atoms with E-state index in [0.717, 1.165) is 27.3 Å². The number of carbonyl (C=O) groups is 2. The topological polar surface area (TPSA) is 49.4 Å². The van der Waals surface area contributed by atoms with Crippen molar-refractivity contribution in [3.63, 3.8) is 0 Å². The maximum atomic E-state index is 13.8. The van der Waals surface area contributed by atoms with Gasteiger partial charge in [-0.05, 0) is 36.4 Å². The number of thiophene rings is 1. The second kappa shape index (κ2) is 8.21. The molecule has 0 radical (unpaired) electrons. The smallest absolute Gasteiger partial charge is 0.244 e. The van der Waals surface area contributed by atoms with E-state index in [2.05, 4.69) is 11.4 Å². The summed E-state index contributed by atoms with van der Waals surface area (Å²) in [7, 11) is 0. The van der Waals surface area contributed by atoms with E-state index in [1.165, 1.54) is 0 Å². The van der Waals surface area contributed by atoms with Gasteiger partial charge in [-0.3, -0.25) is 9.59 Å². The lowest BCUT2D eigenvalue weighted by molar-refractivity contribution is -0.137. The van der Waals surface area contributed by atoms with Gasteiger partial charge in [0, 0.05) is 16.1 Å². The quantitative estimate of drug-likeness (QED) is 0.656. The van der Waals surface area contributed by atoms with Crippen molar-refractivity contribution in [2.24, 2.45) is 0 Å². The van der Waals surface area contributed by atoms with E-state index in [-0.39, 0.29) is 30.3 Å². The van der Waals surface area contributed by atoms with Crippen LogP contribution in [0.15, 0.2) is 66.0 Å². The molecule has 0 aliphatic carbocycles. The number of amides is 2. The van der Waals surface area contributed by atoms with Crippen LogP contribution in [0.2, 0.25) is 0 Å². The van der Waals surface area contributed by atoms with Crippen LogP contribution in [-0.4, -0.2) is 23.3 Å². The summed E-state index contributed by atoms with van der Waals surface area (Å²) < 4.78 is 0. The number of carbonyl (C=O) groups excluding carboxylic acids is 2. The fourth-order valence-corrected chi connectivity index (χ4v) is 4.88. The number of anilines is 1. The van der Waals surface area contributed by atoms with Crippen molar-refractivity contribution in [1.82, 2.24) is 4.90 Å². The minimum atomic E-state index is -0.283. The summed E-state index contributed by atoms with van der Waals surface area (Å²) in [4.78, 5) is 29.3. The van der Waals surface area contributed by atoms with E-state index in [0.29, 0.717) is 6.42 Å². The molecular weight excluding hydrogens is 380 g/mol. The highest BCUT2D eigenvalue weighted by Gasteiger charge is 2.36. The lowest BCUT2D eigenvalue weighted by atomic mass is 9.93. The summed E-state index contributed by atoms with van der Waals surface area (Å²) in [5.41, 5.74) is 3.83. The van der Waals surface area contributed by atoms with Gasteiger partial charge in [-0.1, -0.05) is 61.0 Å². The van der Waals surface area contributed by atoms with Crippen LogP contribution in [0.3, 0.4) is 0 Å². The molecule has 0 bridgehead atoms. The molecule has 0 saturated carbocycles. The minimum Gasteiger partial charge on any atom is -0.324 e. The first-order valence-electron chi connectivity index (χ1n) is 9.87. The second-order valence-corrected chi connectivity index (χ2v) is 8.37. The van der Waals surface area contributed by atoms with Crippen molar-refractivity contribution in [3.8, 4) is 0 Å². The molecule has 2 aromatic carbocycles. The van der Waals surface area contributed by atoms with Gasteiger partial charge in [-0.25, -0.2) is 0 Å². The fourth-order valence-electron chi connectivity index (χ4n) is 4.02. The van der Waals surface area contributed by atoms with E-state index in [9.17, 15) is 9.59 Å². The van der Waals surface area contributed by atoms with Crippen LogP contribution in [0.5, 0.6) is 0 Å². The van der Waals surface area contributed by atoms with Gasteiger partial charge >= 0.3 is 0 Å². The minimum absolute atomic E-state index is 0.0124. The van der Waals surface area contributed by atoms with Crippen molar-refractivity contribution >= 4 is 28.8 Å². The third-order valence-electron chi connectivity index (χ3n) is 5.41. The number of benzene rings is 2. The summed E-state index contributed by atoms with van der Waals surface area (Å²) in [6.07, 6.45) is 0.679. The molecule has 5 heteroatoms. The molecule has 1 N–H and O–H groups in total. The predicted molar refractivity (Wildman–Crippen MR) is 117 cm³/mol. The van der Waals surface area contributed by atoms with Crippen molar-refractivity contribution < 1.29 is 9.59 Å². The molecule has 1 aromatic heterocycles. The van der Waals surface area contributed by atoms with E-state index >= 15 is 0 Å². The van der Waals surface area contributed by atoms with Crippen molar-refractivity contribution in [2.75, 3.05) is 11.9 Å². The first-order chi connectivity index (χ1) is 14.1. The van der Waals surface area contributed by atoms with Crippen LogP contribution < -0.4 is 5.32 Å². The SMILES string of the molecule is CCC(C(=O)N1CC(=O)Nc2ccc(C)cc2C1c1cccs1)c1ccccc1. The Morgan fingerprint density at radius 3 is 2.66 bits per heavy atom. The number of hydrogen-bond donors (Lipinski definition) is 1. The zero-order valence-corrected chi connectivity index (χ0v) is 17.4. The Kier molecular flexibility index (Phi) is 5.49. The van der Waals surface area contributed by atoms with Gasteiger partial charge in [0.1, 0.15) is 6.54 Å². The van der Waals surface area contributed by atoms with Crippen LogP contribution in [0.1, 0.15) is 46.9 Å². The first kappa shape index (κ1) is 19.4. The Bertz CT molecular complexity index is 1010. The van der Waals surface area contributed by atoms with Gasteiger partial charge in [0.05, 0.1) is 12.0 Å². The Hall–Kier alpha value is -2.92. The number of fused-ring (bicyclic) bond motifs is 1. The number of rotatable bonds is 4. The Labute approximate surface area is 175 Å². The van der Waals surface area contributed by atoms with Gasteiger partial charge in [0.25, 0.3) is 0 Å². The van der Waals surface area contributed by atoms with Crippen LogP contribution in [-0.2, 0) is 9.59 Å². The molecule has 4 rings (SSSR count). The standard InChI is InChI=1S/C24H24N2O2S/c1-3-18(17-8-5-4-6-9-17)24(28)26-15-22(27)25-20-12-11-16(2)14-19(20)23(26)21-10-7-13-29-21/h4-14,18,23H,3,15H2,1-2H3,(H,25,27). The summed E-state index contributed by atoms with van der Waals surface area (Å²) in [5, 5.41) is 5.01. The third kappa shape index (κ3) is 3.83. The van der Waals surface area contributed by atoms with Crippen molar-refractivity contribution in [2.45, 2.75) is 32.2 Å². The lowest BCUT2D eigenvalue weighted by Gasteiger charge is -2.32. The normalized spacial score (nSPS) is 17.2. The average Bonchev–Trinajstić information content (AvgIpc) is 3.20. The molecule has 1 aliphatic rings. The molecule has 2 unspecified atom stereocenters. The Morgan fingerprint density at radius 2 is 1.97 bits per heavy atom. The second-order valence-electron chi connectivity index (χ2n) is 7.39. The van der Waals surface area contributed by atoms with E-state index in [1.807, 2.05) is 73.8 Å². The van der Waals surface area contributed by atoms with Crippen LogP contribution in [0.25, 0.3) is 0 Å². The van der Waals surface area contributed by atoms with Gasteiger partial charge in [-0.15, -0.1) is 11.3 Å². The fraction of sp³-hybridized carbons (Fsp3) is 0.250. The van der Waals surface area contributed by atoms with Gasteiger partial charge in [0.15, 0.2) is 0 Å². The van der Waals surface area contributed by atoms with E-state index < -0.39 is 0 Å². The van der Waals surface area contributed by atoms with Crippen molar-refractivity contribution in [1.29, 1.82) is 0 Å². The summed E-state index contributed by atoms with van der Waals surface area (Å²) in [6.45, 7) is 4.09.